The molecule has 17 heavy (non-hydrogen) atoms. The maximum Gasteiger partial charge on any atom is 0.311 e. The zero-order valence-electron chi connectivity index (χ0n) is 9.66. The average Bonchev–Trinajstić information content (AvgIpc) is 2.30. The summed E-state index contributed by atoms with van der Waals surface area (Å²) in [6.45, 7) is 2.03. The molecule has 0 radical (unpaired) electrons. The fourth-order valence-corrected chi connectivity index (χ4v) is 2.24. The number of nitrogens with zero attached hydrogens (tertiary/aromatic N) is 1. The molecule has 0 aliphatic heterocycles. The first-order valence-corrected chi connectivity index (χ1v) is 6.30. The Morgan fingerprint density at radius 3 is 2.88 bits per heavy atom. The molecule has 0 spiro atoms. The summed E-state index contributed by atoms with van der Waals surface area (Å²) in [6.07, 6.45) is 0.221. The van der Waals surface area contributed by atoms with Crippen LogP contribution in [-0.2, 0) is 16.0 Å². The molecule has 0 aliphatic carbocycles. The second-order valence-electron chi connectivity index (χ2n) is 3.84. The topological polar surface area (TPSA) is 39.2 Å². The molecule has 0 saturated carbocycles. The average molecular weight is 341 g/mol. The van der Waals surface area contributed by atoms with Gasteiger partial charge in [0.25, 0.3) is 0 Å². The number of carbonyl (C=O) groups is 1. The van der Waals surface area contributed by atoms with Crippen molar-refractivity contribution in [3.05, 3.63) is 39.1 Å². The normalized spacial score (nSPS) is 10.5. The number of carbonyl (C=O) groups excluding carboxylic acids is 1. The summed E-state index contributed by atoms with van der Waals surface area (Å²) in [7, 11) is 1.39. The van der Waals surface area contributed by atoms with E-state index in [0.717, 1.165) is 22.2 Å². The number of aromatic nitrogens is 1. The van der Waals surface area contributed by atoms with Gasteiger partial charge in [0.2, 0.25) is 0 Å². The number of hydrogen-bond acceptors (Lipinski definition) is 3. The van der Waals surface area contributed by atoms with Crippen LogP contribution >= 0.6 is 22.6 Å². The molecular weight excluding hydrogens is 329 g/mol. The molecule has 0 bridgehead atoms. The Labute approximate surface area is 113 Å². The molecule has 88 valence electrons. The Morgan fingerprint density at radius 1 is 1.41 bits per heavy atom. The second-order valence-corrected chi connectivity index (χ2v) is 5.09. The first-order chi connectivity index (χ1) is 8.10. The molecule has 1 aromatic carbocycles. The number of fused-ring (bicyclic) bond motifs is 1. The van der Waals surface area contributed by atoms with Gasteiger partial charge in [-0.05, 0) is 59.3 Å². The molecule has 1 heterocycles. The Bertz CT molecular complexity index is 581. The molecule has 2 rings (SSSR count). The van der Waals surface area contributed by atoms with Crippen molar-refractivity contribution in [1.82, 2.24) is 4.98 Å². The molecule has 0 saturated heterocycles. The van der Waals surface area contributed by atoms with E-state index >= 15 is 0 Å². The zero-order chi connectivity index (χ0) is 12.4. The molecule has 0 unspecified atom stereocenters. The van der Waals surface area contributed by atoms with E-state index in [1.54, 1.807) is 0 Å². The number of aryl methyl sites for hydroxylation is 1. The van der Waals surface area contributed by atoms with Crippen molar-refractivity contribution in [2.45, 2.75) is 13.3 Å². The van der Waals surface area contributed by atoms with Crippen molar-refractivity contribution in [3.8, 4) is 0 Å². The van der Waals surface area contributed by atoms with Gasteiger partial charge in [0.15, 0.2) is 0 Å². The monoisotopic (exact) mass is 341 g/mol. The van der Waals surface area contributed by atoms with E-state index in [9.17, 15) is 4.79 Å². The van der Waals surface area contributed by atoms with Crippen LogP contribution < -0.4 is 0 Å². The fourth-order valence-electron chi connectivity index (χ4n) is 1.75. The SMILES string of the molecule is COC(=O)Cc1cc(C)c2cc(I)ccc2n1. The molecule has 3 nitrogen and oxygen atoms in total. The molecular formula is C13H12INO2. The van der Waals surface area contributed by atoms with Crippen LogP contribution in [0.15, 0.2) is 24.3 Å². The van der Waals surface area contributed by atoms with Gasteiger partial charge in [-0.1, -0.05) is 0 Å². The largest absolute Gasteiger partial charge is 0.469 e. The predicted molar refractivity (Wildman–Crippen MR) is 74.9 cm³/mol. The lowest BCUT2D eigenvalue weighted by atomic mass is 10.1. The lowest BCUT2D eigenvalue weighted by molar-refractivity contribution is -0.139. The first kappa shape index (κ1) is 12.3. The van der Waals surface area contributed by atoms with Gasteiger partial charge in [0, 0.05) is 8.96 Å². The van der Waals surface area contributed by atoms with Crippen molar-refractivity contribution >= 4 is 39.5 Å². The van der Waals surface area contributed by atoms with E-state index in [1.807, 2.05) is 25.1 Å². The summed E-state index contributed by atoms with van der Waals surface area (Å²) in [6, 6.07) is 8.03. The Balaban J connectivity index is 2.48. The van der Waals surface area contributed by atoms with E-state index in [-0.39, 0.29) is 12.4 Å². The molecule has 0 amide bonds. The summed E-state index contributed by atoms with van der Waals surface area (Å²) in [5.41, 5.74) is 2.81. The Hall–Kier alpha value is -1.17. The van der Waals surface area contributed by atoms with Crippen molar-refractivity contribution in [1.29, 1.82) is 0 Å². The fraction of sp³-hybridized carbons (Fsp3) is 0.231. The second kappa shape index (κ2) is 5.00. The Kier molecular flexibility index (Phi) is 3.61. The van der Waals surface area contributed by atoms with Crippen molar-refractivity contribution in [2.75, 3.05) is 7.11 Å². The minimum Gasteiger partial charge on any atom is -0.469 e. The van der Waals surface area contributed by atoms with Gasteiger partial charge in [0.1, 0.15) is 0 Å². The lowest BCUT2D eigenvalue weighted by Crippen LogP contribution is -2.06. The maximum atomic E-state index is 11.2. The number of methoxy groups -OCH3 is 1. The number of halogens is 1. The molecule has 0 fully saturated rings. The number of rotatable bonds is 2. The van der Waals surface area contributed by atoms with E-state index in [2.05, 4.69) is 38.4 Å². The molecule has 0 N–H and O–H groups in total. The van der Waals surface area contributed by atoms with E-state index < -0.39 is 0 Å². The minimum absolute atomic E-state index is 0.221. The van der Waals surface area contributed by atoms with Gasteiger partial charge in [-0.2, -0.15) is 0 Å². The summed E-state index contributed by atoms with van der Waals surface area (Å²) in [5, 5.41) is 1.13. The highest BCUT2D eigenvalue weighted by Crippen LogP contribution is 2.20. The third-order valence-corrected chi connectivity index (χ3v) is 3.25. The van der Waals surface area contributed by atoms with Gasteiger partial charge in [-0.15, -0.1) is 0 Å². The van der Waals surface area contributed by atoms with Crippen molar-refractivity contribution in [3.63, 3.8) is 0 Å². The smallest absolute Gasteiger partial charge is 0.311 e. The molecule has 2 aromatic rings. The lowest BCUT2D eigenvalue weighted by Gasteiger charge is -2.06. The highest BCUT2D eigenvalue weighted by molar-refractivity contribution is 14.1. The number of benzene rings is 1. The van der Waals surface area contributed by atoms with E-state index in [0.29, 0.717) is 0 Å². The molecule has 0 aliphatic rings. The van der Waals surface area contributed by atoms with Gasteiger partial charge >= 0.3 is 5.97 Å². The quantitative estimate of drug-likeness (QED) is 0.623. The van der Waals surface area contributed by atoms with Crippen LogP contribution in [0.1, 0.15) is 11.3 Å². The maximum absolute atomic E-state index is 11.2. The third-order valence-electron chi connectivity index (χ3n) is 2.58. The molecule has 4 heteroatoms. The number of hydrogen-bond donors (Lipinski definition) is 0. The highest BCUT2D eigenvalue weighted by Gasteiger charge is 2.07. The molecule has 1 aromatic heterocycles. The van der Waals surface area contributed by atoms with Crippen LogP contribution in [0.25, 0.3) is 10.9 Å². The third kappa shape index (κ3) is 2.74. The summed E-state index contributed by atoms with van der Waals surface area (Å²) in [5.74, 6) is -0.262. The standard InChI is InChI=1S/C13H12INO2/c1-8-5-10(7-13(16)17-2)15-12-4-3-9(14)6-11(8)12/h3-6H,7H2,1-2H3. The number of ether oxygens (including phenoxy) is 1. The Morgan fingerprint density at radius 2 is 2.18 bits per heavy atom. The van der Waals surface area contributed by atoms with Gasteiger partial charge < -0.3 is 4.74 Å². The highest BCUT2D eigenvalue weighted by atomic mass is 127. The van der Waals surface area contributed by atoms with Gasteiger partial charge in [-0.25, -0.2) is 0 Å². The first-order valence-electron chi connectivity index (χ1n) is 5.23. The number of pyridine rings is 1. The van der Waals surface area contributed by atoms with Crippen LogP contribution in [-0.4, -0.2) is 18.1 Å². The summed E-state index contributed by atoms with van der Waals surface area (Å²) < 4.78 is 5.83. The van der Waals surface area contributed by atoms with Crippen LogP contribution in [0.4, 0.5) is 0 Å². The zero-order valence-corrected chi connectivity index (χ0v) is 11.8. The summed E-state index contributed by atoms with van der Waals surface area (Å²) >= 11 is 2.28. The van der Waals surface area contributed by atoms with Crippen molar-refractivity contribution < 1.29 is 9.53 Å². The van der Waals surface area contributed by atoms with E-state index in [1.165, 1.54) is 10.7 Å². The van der Waals surface area contributed by atoms with Crippen LogP contribution in [0.2, 0.25) is 0 Å². The minimum atomic E-state index is -0.262. The van der Waals surface area contributed by atoms with Crippen molar-refractivity contribution in [2.24, 2.45) is 0 Å². The van der Waals surface area contributed by atoms with E-state index in [4.69, 9.17) is 0 Å². The predicted octanol–water partition coefficient (Wildman–Crippen LogP) is 2.86. The van der Waals surface area contributed by atoms with Gasteiger partial charge in [-0.3, -0.25) is 9.78 Å². The van der Waals surface area contributed by atoms with Crippen LogP contribution in [0.3, 0.4) is 0 Å². The van der Waals surface area contributed by atoms with Crippen LogP contribution in [0, 0.1) is 10.5 Å². The van der Waals surface area contributed by atoms with Gasteiger partial charge in [0.05, 0.1) is 24.7 Å². The summed E-state index contributed by atoms with van der Waals surface area (Å²) in [4.78, 5) is 15.7. The van der Waals surface area contributed by atoms with Crippen LogP contribution in [0.5, 0.6) is 0 Å². The number of esters is 1. The molecule has 0 atom stereocenters.